The second-order valence-corrected chi connectivity index (χ2v) is 6.78. The largest absolute Gasteiger partial charge is 0.481 e. The summed E-state index contributed by atoms with van der Waals surface area (Å²) in [6, 6.07) is 6.12. The number of H-pyrrole nitrogens is 1. The van der Waals surface area contributed by atoms with Gasteiger partial charge in [-0.05, 0) is 59.7 Å². The van der Waals surface area contributed by atoms with Gasteiger partial charge in [-0.2, -0.15) is 0 Å². The molecule has 0 saturated carbocycles. The molecule has 0 spiro atoms. The molecular weight excluding hydrogens is 336 g/mol. The lowest BCUT2D eigenvalue weighted by atomic mass is 9.94. The summed E-state index contributed by atoms with van der Waals surface area (Å²) >= 11 is 0. The Morgan fingerprint density at radius 3 is 2.70 bits per heavy atom. The Kier molecular flexibility index (Phi) is 4.59. The highest BCUT2D eigenvalue weighted by atomic mass is 16.5. The van der Waals surface area contributed by atoms with Gasteiger partial charge in [0.05, 0.1) is 13.3 Å². The number of fused-ring (bicyclic) bond motifs is 1. The lowest BCUT2D eigenvalue weighted by Gasteiger charge is -2.12. The smallest absolute Gasteiger partial charge is 0.212 e. The summed E-state index contributed by atoms with van der Waals surface area (Å²) in [6.45, 7) is 4.12. The van der Waals surface area contributed by atoms with Crippen LogP contribution in [0.2, 0.25) is 0 Å². The van der Waals surface area contributed by atoms with E-state index in [1.54, 1.807) is 7.11 Å². The fourth-order valence-corrected chi connectivity index (χ4v) is 3.35. The average molecular weight is 357 g/mol. The van der Waals surface area contributed by atoms with Crippen LogP contribution >= 0.6 is 0 Å². The molecule has 0 aliphatic heterocycles. The Balaban J connectivity index is 1.68. The third-order valence-corrected chi connectivity index (χ3v) is 4.81. The van der Waals surface area contributed by atoms with E-state index in [4.69, 9.17) is 4.74 Å². The second-order valence-electron chi connectivity index (χ2n) is 6.78. The summed E-state index contributed by atoms with van der Waals surface area (Å²) in [7, 11) is 1.62. The molecule has 0 aliphatic carbocycles. The van der Waals surface area contributed by atoms with Crippen molar-refractivity contribution < 1.29 is 4.74 Å². The van der Waals surface area contributed by atoms with E-state index in [1.807, 2.05) is 30.9 Å². The molecule has 4 heterocycles. The molecule has 4 rings (SSSR count). The highest BCUT2D eigenvalue weighted by molar-refractivity contribution is 5.80. The first-order chi connectivity index (χ1) is 13.1. The maximum Gasteiger partial charge on any atom is 0.212 e. The van der Waals surface area contributed by atoms with Gasteiger partial charge >= 0.3 is 0 Å². The van der Waals surface area contributed by atoms with Crippen LogP contribution in [0.25, 0.3) is 11.0 Å². The van der Waals surface area contributed by atoms with Crippen LogP contribution in [-0.4, -0.2) is 27.0 Å². The van der Waals surface area contributed by atoms with Gasteiger partial charge in [-0.15, -0.1) is 0 Å². The van der Waals surface area contributed by atoms with Gasteiger partial charge < -0.3 is 9.72 Å². The number of rotatable bonds is 5. The molecule has 0 unspecified atom stereocenters. The van der Waals surface area contributed by atoms with Crippen molar-refractivity contribution in [2.24, 2.45) is 0 Å². The number of hydrogen-bond acceptors (Lipinski definition) is 4. The molecule has 5 heteroatoms. The molecule has 0 atom stereocenters. The van der Waals surface area contributed by atoms with E-state index in [0.717, 1.165) is 40.6 Å². The van der Waals surface area contributed by atoms with Crippen LogP contribution in [0.4, 0.5) is 0 Å². The molecule has 0 bridgehead atoms. The Bertz CT molecular complexity index is 1080. The quantitative estimate of drug-likeness (QED) is 0.587. The summed E-state index contributed by atoms with van der Waals surface area (Å²) in [5.74, 6) is 0.624. The van der Waals surface area contributed by atoms with Crippen LogP contribution in [0.5, 0.6) is 5.88 Å². The predicted molar refractivity (Wildman–Crippen MR) is 105 cm³/mol. The number of methoxy groups -OCH3 is 1. The number of pyridine rings is 3. The van der Waals surface area contributed by atoms with Gasteiger partial charge in [0.25, 0.3) is 0 Å². The first kappa shape index (κ1) is 17.2. The Labute approximate surface area is 158 Å². The Morgan fingerprint density at radius 1 is 1.04 bits per heavy atom. The van der Waals surface area contributed by atoms with Crippen molar-refractivity contribution in [2.45, 2.75) is 26.7 Å². The number of nitrogens with one attached hydrogen (secondary N) is 1. The van der Waals surface area contributed by atoms with Crippen molar-refractivity contribution in [2.75, 3.05) is 7.11 Å². The van der Waals surface area contributed by atoms with Crippen molar-refractivity contribution in [3.05, 3.63) is 82.6 Å². The lowest BCUT2D eigenvalue weighted by Crippen LogP contribution is -2.02. The van der Waals surface area contributed by atoms with Crippen LogP contribution in [0.1, 0.15) is 33.4 Å². The summed E-state index contributed by atoms with van der Waals surface area (Å²) in [5.41, 5.74) is 7.94. The number of aromatic nitrogens is 4. The van der Waals surface area contributed by atoms with Crippen LogP contribution in [0.3, 0.4) is 0 Å². The van der Waals surface area contributed by atoms with Gasteiger partial charge in [0.1, 0.15) is 5.65 Å². The van der Waals surface area contributed by atoms with Crippen LogP contribution in [-0.2, 0) is 12.8 Å². The van der Waals surface area contributed by atoms with Crippen molar-refractivity contribution in [1.29, 1.82) is 0 Å². The van der Waals surface area contributed by atoms with Crippen LogP contribution in [0.15, 0.2) is 43.0 Å². The van der Waals surface area contributed by atoms with Gasteiger partial charge in [0, 0.05) is 42.7 Å². The molecule has 0 saturated heterocycles. The van der Waals surface area contributed by atoms with Crippen molar-refractivity contribution >= 4 is 11.0 Å². The van der Waals surface area contributed by atoms with E-state index < -0.39 is 0 Å². The van der Waals surface area contributed by atoms with Crippen molar-refractivity contribution in [3.8, 4) is 5.88 Å². The first-order valence-corrected chi connectivity index (χ1v) is 8.90. The van der Waals surface area contributed by atoms with E-state index in [0.29, 0.717) is 5.88 Å². The number of aromatic amines is 1. The third-order valence-electron chi connectivity index (χ3n) is 4.81. The fraction of sp³-hybridized carbons (Fsp3) is 0.227. The summed E-state index contributed by atoms with van der Waals surface area (Å²) < 4.78 is 5.15. The van der Waals surface area contributed by atoms with Crippen LogP contribution in [0, 0.1) is 20.0 Å². The summed E-state index contributed by atoms with van der Waals surface area (Å²) in [5, 5.41) is 1.16. The normalized spacial score (nSPS) is 11.1. The first-order valence-electron chi connectivity index (χ1n) is 8.90. The minimum Gasteiger partial charge on any atom is -0.481 e. The number of aryl methyl sites for hydroxylation is 2. The third kappa shape index (κ3) is 3.53. The molecule has 27 heavy (non-hydrogen) atoms. The zero-order valence-corrected chi connectivity index (χ0v) is 15.7. The van der Waals surface area contributed by atoms with E-state index >= 15 is 0 Å². The highest BCUT2D eigenvalue weighted by Gasteiger charge is 2.12. The molecule has 4 aromatic heterocycles. The summed E-state index contributed by atoms with van der Waals surface area (Å²) in [6.07, 6.45) is 12.4. The zero-order chi connectivity index (χ0) is 18.8. The van der Waals surface area contributed by atoms with Gasteiger partial charge in [0.15, 0.2) is 0 Å². The number of hydrogen-bond donors (Lipinski definition) is 1. The zero-order valence-electron chi connectivity index (χ0n) is 15.7. The Hall–Kier alpha value is -3.21. The minimum atomic E-state index is 0.624. The SMILES string of the molecule is COc1ccc(Cc2c(C)[c]ncc2Cc2c[nH]c3ncc(C)cc23)cn1. The highest BCUT2D eigenvalue weighted by Crippen LogP contribution is 2.24. The molecule has 5 nitrogen and oxygen atoms in total. The van der Waals surface area contributed by atoms with Gasteiger partial charge in [0.2, 0.25) is 5.88 Å². The molecule has 4 aromatic rings. The topological polar surface area (TPSA) is 63.7 Å². The van der Waals surface area contributed by atoms with Crippen molar-refractivity contribution in [3.63, 3.8) is 0 Å². The molecule has 0 aromatic carbocycles. The minimum absolute atomic E-state index is 0.624. The van der Waals surface area contributed by atoms with Gasteiger partial charge in [-0.25, -0.2) is 9.97 Å². The summed E-state index contributed by atoms with van der Waals surface area (Å²) in [4.78, 5) is 16.4. The van der Waals surface area contributed by atoms with E-state index in [2.05, 4.69) is 52.1 Å². The van der Waals surface area contributed by atoms with E-state index in [9.17, 15) is 0 Å². The van der Waals surface area contributed by atoms with Gasteiger partial charge in [-0.3, -0.25) is 4.98 Å². The monoisotopic (exact) mass is 357 g/mol. The van der Waals surface area contributed by atoms with Gasteiger partial charge in [-0.1, -0.05) is 6.07 Å². The van der Waals surface area contributed by atoms with Crippen molar-refractivity contribution in [1.82, 2.24) is 19.9 Å². The average Bonchev–Trinajstić information content (AvgIpc) is 3.07. The second kappa shape index (κ2) is 7.19. The maximum absolute atomic E-state index is 5.15. The molecule has 0 aliphatic rings. The van der Waals surface area contributed by atoms with E-state index in [-0.39, 0.29) is 0 Å². The number of ether oxygens (including phenoxy) is 1. The number of nitrogens with zero attached hydrogens (tertiary/aromatic N) is 3. The predicted octanol–water partition coefficient (Wildman–Crippen LogP) is 3.96. The standard InChI is InChI=1S/C22H21N4O/c1-14-6-20-18(13-26-22(20)25-9-14)8-17-12-23-10-15(2)19(17)7-16-4-5-21(27-3)24-11-16/h4-6,9,11-13H,7-8H2,1-3H3,(H,25,26). The molecule has 0 fully saturated rings. The molecular formula is C22H21N4O. The lowest BCUT2D eigenvalue weighted by molar-refractivity contribution is 0.397. The van der Waals surface area contributed by atoms with E-state index in [1.165, 1.54) is 16.7 Å². The molecule has 135 valence electrons. The maximum atomic E-state index is 5.15. The molecule has 1 radical (unpaired) electrons. The molecule has 1 N–H and O–H groups in total. The fourth-order valence-electron chi connectivity index (χ4n) is 3.35. The Morgan fingerprint density at radius 2 is 1.93 bits per heavy atom. The molecule has 0 amide bonds. The van der Waals surface area contributed by atoms with Crippen LogP contribution < -0.4 is 4.74 Å².